The van der Waals surface area contributed by atoms with E-state index in [1.807, 2.05) is 20.8 Å². The molecule has 296 valence electrons. The molecular weight excluding hydrogens is 718 g/mol. The molecule has 5 N–H and O–H groups in total. The third kappa shape index (κ3) is 9.73. The van der Waals surface area contributed by atoms with Crippen molar-refractivity contribution in [3.05, 3.63) is 89.4 Å². The number of hydrogen-bond donors (Lipinski definition) is 5. The van der Waals surface area contributed by atoms with Gasteiger partial charge in [-0.2, -0.15) is 13.2 Å². The zero-order valence-electron chi connectivity index (χ0n) is 31.5. The SMILES string of the molecule is CCC(C)[C@H](NC(=O)Cc1ccccc1F)C(=O)N[C@]1(C(=O)N[C@H](CNC(=O)CCn2ccnc2)C(C)CC)CCc2[nH]c3c(C(F)(F)F)cccc3c2C1. The second-order valence-electron chi connectivity index (χ2n) is 14.6. The first-order chi connectivity index (χ1) is 26.2. The monoisotopic (exact) mass is 767 g/mol. The van der Waals surface area contributed by atoms with E-state index in [2.05, 4.69) is 31.2 Å². The van der Waals surface area contributed by atoms with Crippen LogP contribution in [0.4, 0.5) is 17.6 Å². The molecule has 2 heterocycles. The summed E-state index contributed by atoms with van der Waals surface area (Å²) in [7, 11) is 0. The van der Waals surface area contributed by atoms with Gasteiger partial charge in [0.15, 0.2) is 0 Å². The highest BCUT2D eigenvalue weighted by Gasteiger charge is 2.47. The van der Waals surface area contributed by atoms with Crippen LogP contribution >= 0.6 is 0 Å². The zero-order valence-corrected chi connectivity index (χ0v) is 31.5. The number of aryl methyl sites for hydroxylation is 2. The van der Waals surface area contributed by atoms with Crippen LogP contribution in [0, 0.1) is 17.7 Å². The van der Waals surface area contributed by atoms with Crippen molar-refractivity contribution in [2.75, 3.05) is 6.54 Å². The number of para-hydroxylation sites is 1. The van der Waals surface area contributed by atoms with Gasteiger partial charge in [-0.15, -0.1) is 0 Å². The summed E-state index contributed by atoms with van der Waals surface area (Å²) in [5.74, 6) is -3.12. The van der Waals surface area contributed by atoms with Gasteiger partial charge in [-0.05, 0) is 47.9 Å². The molecule has 2 aromatic carbocycles. The molecule has 4 aromatic rings. The van der Waals surface area contributed by atoms with Gasteiger partial charge in [0.25, 0.3) is 0 Å². The van der Waals surface area contributed by atoms with Crippen LogP contribution in [-0.4, -0.2) is 62.3 Å². The first-order valence-electron chi connectivity index (χ1n) is 18.7. The summed E-state index contributed by atoms with van der Waals surface area (Å²) in [6.07, 6.45) is 1.36. The van der Waals surface area contributed by atoms with Gasteiger partial charge in [0, 0.05) is 55.4 Å². The Labute approximate surface area is 317 Å². The van der Waals surface area contributed by atoms with Gasteiger partial charge in [-0.3, -0.25) is 19.2 Å². The minimum atomic E-state index is -4.63. The lowest BCUT2D eigenvalue weighted by Crippen LogP contribution is -2.66. The smallest absolute Gasteiger partial charge is 0.358 e. The van der Waals surface area contributed by atoms with Crippen molar-refractivity contribution in [2.24, 2.45) is 11.8 Å². The number of amides is 4. The molecule has 0 aliphatic heterocycles. The fourth-order valence-electron chi connectivity index (χ4n) is 7.07. The maximum absolute atomic E-state index is 14.7. The fourth-order valence-corrected chi connectivity index (χ4v) is 7.07. The lowest BCUT2D eigenvalue weighted by atomic mass is 9.78. The largest absolute Gasteiger partial charge is 0.418 e. The summed E-state index contributed by atoms with van der Waals surface area (Å²) in [4.78, 5) is 62.0. The second-order valence-corrected chi connectivity index (χ2v) is 14.6. The number of carbonyl (C=O) groups excluding carboxylic acids is 4. The van der Waals surface area contributed by atoms with E-state index in [-0.39, 0.29) is 66.9 Å². The molecular formula is C40H49F4N7O4. The molecule has 0 radical (unpaired) electrons. The Kier molecular flexibility index (Phi) is 13.0. The van der Waals surface area contributed by atoms with Gasteiger partial charge in [-0.1, -0.05) is 70.9 Å². The van der Waals surface area contributed by atoms with Crippen LogP contribution in [0.5, 0.6) is 0 Å². The van der Waals surface area contributed by atoms with E-state index in [0.29, 0.717) is 30.6 Å². The average Bonchev–Trinajstić information content (AvgIpc) is 3.82. The van der Waals surface area contributed by atoms with E-state index in [9.17, 15) is 36.7 Å². The number of fused-ring (bicyclic) bond motifs is 3. The molecule has 2 unspecified atom stereocenters. The van der Waals surface area contributed by atoms with E-state index >= 15 is 0 Å². The lowest BCUT2D eigenvalue weighted by molar-refractivity contribution is -0.137. The highest BCUT2D eigenvalue weighted by molar-refractivity contribution is 5.97. The Balaban J connectivity index is 1.44. The predicted molar refractivity (Wildman–Crippen MR) is 199 cm³/mol. The molecule has 4 amide bonds. The van der Waals surface area contributed by atoms with Gasteiger partial charge in [0.05, 0.1) is 23.8 Å². The van der Waals surface area contributed by atoms with Crippen LogP contribution in [0.1, 0.15) is 75.8 Å². The van der Waals surface area contributed by atoms with E-state index in [0.717, 1.165) is 6.07 Å². The topological polar surface area (TPSA) is 150 Å². The molecule has 0 bridgehead atoms. The summed E-state index contributed by atoms with van der Waals surface area (Å²) >= 11 is 0. The van der Waals surface area contributed by atoms with Gasteiger partial charge in [0.1, 0.15) is 17.4 Å². The number of hydrogen-bond acceptors (Lipinski definition) is 5. The van der Waals surface area contributed by atoms with Crippen molar-refractivity contribution in [1.82, 2.24) is 35.8 Å². The van der Waals surface area contributed by atoms with Gasteiger partial charge in [0.2, 0.25) is 23.6 Å². The maximum Gasteiger partial charge on any atom is 0.418 e. The molecule has 5 atom stereocenters. The Hall–Kier alpha value is -5.21. The molecule has 0 saturated carbocycles. The molecule has 11 nitrogen and oxygen atoms in total. The second kappa shape index (κ2) is 17.5. The molecule has 55 heavy (non-hydrogen) atoms. The van der Waals surface area contributed by atoms with Crippen LogP contribution in [-0.2, 0) is 51.2 Å². The van der Waals surface area contributed by atoms with Gasteiger partial charge >= 0.3 is 6.18 Å². The summed E-state index contributed by atoms with van der Waals surface area (Å²) in [5.41, 5.74) is -1.43. The normalized spacial score (nSPS) is 17.7. The summed E-state index contributed by atoms with van der Waals surface area (Å²) in [5, 5.41) is 12.0. The Bertz CT molecular complexity index is 1980. The van der Waals surface area contributed by atoms with E-state index in [1.165, 1.54) is 24.3 Å². The number of rotatable bonds is 16. The predicted octanol–water partition coefficient (Wildman–Crippen LogP) is 5.38. The lowest BCUT2D eigenvalue weighted by Gasteiger charge is -2.40. The van der Waals surface area contributed by atoms with Crippen LogP contribution in [0.25, 0.3) is 10.9 Å². The maximum atomic E-state index is 14.7. The van der Waals surface area contributed by atoms with E-state index in [4.69, 9.17) is 0 Å². The quantitative estimate of drug-likeness (QED) is 0.0972. The Morgan fingerprint density at radius 3 is 2.40 bits per heavy atom. The molecule has 1 aliphatic rings. The minimum absolute atomic E-state index is 0.0344. The minimum Gasteiger partial charge on any atom is -0.358 e. The first-order valence-corrected chi connectivity index (χ1v) is 18.7. The highest BCUT2D eigenvalue weighted by Crippen LogP contribution is 2.40. The van der Waals surface area contributed by atoms with E-state index < -0.39 is 58.8 Å². The fraction of sp³-hybridized carbons (Fsp3) is 0.475. The van der Waals surface area contributed by atoms with Crippen LogP contribution in [0.3, 0.4) is 0 Å². The number of benzene rings is 2. The average molecular weight is 768 g/mol. The van der Waals surface area contributed by atoms with Crippen molar-refractivity contribution in [3.63, 3.8) is 0 Å². The molecule has 5 rings (SSSR count). The summed E-state index contributed by atoms with van der Waals surface area (Å²) < 4.78 is 58.4. The van der Waals surface area contributed by atoms with Crippen molar-refractivity contribution >= 4 is 34.5 Å². The van der Waals surface area contributed by atoms with Crippen molar-refractivity contribution in [3.8, 4) is 0 Å². The number of nitrogens with zero attached hydrogens (tertiary/aromatic N) is 2. The highest BCUT2D eigenvalue weighted by atomic mass is 19.4. The molecule has 0 saturated heterocycles. The third-order valence-electron chi connectivity index (χ3n) is 10.9. The Morgan fingerprint density at radius 1 is 0.982 bits per heavy atom. The number of alkyl halides is 3. The number of imidazole rings is 1. The van der Waals surface area contributed by atoms with Crippen molar-refractivity contribution in [1.29, 1.82) is 0 Å². The molecule has 0 spiro atoms. The van der Waals surface area contributed by atoms with Crippen LogP contribution < -0.4 is 21.3 Å². The van der Waals surface area contributed by atoms with E-state index in [1.54, 1.807) is 42.3 Å². The summed E-state index contributed by atoms with van der Waals surface area (Å²) in [6.45, 7) is 8.00. The number of aromatic amines is 1. The number of H-pyrrole nitrogens is 1. The van der Waals surface area contributed by atoms with Crippen LogP contribution in [0.2, 0.25) is 0 Å². The molecule has 0 fully saturated rings. The van der Waals surface area contributed by atoms with Gasteiger partial charge in [-0.25, -0.2) is 9.37 Å². The number of halogens is 4. The summed E-state index contributed by atoms with van der Waals surface area (Å²) in [6, 6.07) is 8.02. The standard InChI is InChI=1S/C40H49F4N7O4/c1-5-24(3)32(22-46-33(52)15-18-51-19-17-45-23-51)48-38(55)39(16-14-31-28(21-39)27-11-9-12-29(36(27)47-31)40(42,43)44)50-37(54)35(25(4)6-2)49-34(53)20-26-10-7-8-13-30(26)41/h7-13,17,19,23-25,32,35,47H,5-6,14-16,18,20-22H2,1-4H3,(H,46,52)(H,48,55)(H,49,53)(H,50,54)/t24?,25?,32-,35+,39-/m1/s1. The van der Waals surface area contributed by atoms with Crippen molar-refractivity contribution < 1.29 is 36.7 Å². The number of carbonyl (C=O) groups is 4. The first kappa shape index (κ1) is 41.0. The van der Waals surface area contributed by atoms with Gasteiger partial charge < -0.3 is 30.8 Å². The zero-order chi connectivity index (χ0) is 39.9. The van der Waals surface area contributed by atoms with Crippen molar-refractivity contribution in [2.45, 2.75) is 103 Å². The molecule has 1 aliphatic carbocycles. The number of aromatic nitrogens is 3. The Morgan fingerprint density at radius 2 is 1.73 bits per heavy atom. The van der Waals surface area contributed by atoms with Crippen LogP contribution in [0.15, 0.2) is 61.2 Å². The number of nitrogens with one attached hydrogen (secondary N) is 5. The third-order valence-corrected chi connectivity index (χ3v) is 10.9. The molecule has 15 heteroatoms. The molecule has 2 aromatic heterocycles.